The van der Waals surface area contributed by atoms with E-state index in [9.17, 15) is 4.79 Å². The fraction of sp³-hybridized carbons (Fsp3) is 0.600. The first-order valence-corrected chi connectivity index (χ1v) is 2.52. The molecule has 0 radical (unpaired) electrons. The van der Waals surface area contributed by atoms with Crippen molar-refractivity contribution in [1.29, 1.82) is 0 Å². The Morgan fingerprint density at radius 3 is 2.00 bits per heavy atom. The van der Waals surface area contributed by atoms with Gasteiger partial charge in [-0.15, -0.1) is 0 Å². The maximum Gasteiger partial charge on any atom is 0.305 e. The van der Waals surface area contributed by atoms with Crippen LogP contribution in [0.5, 0.6) is 0 Å². The molecule has 0 saturated carbocycles. The number of aliphatic hydroxyl groups excluding tert-OH is 1. The summed E-state index contributed by atoms with van der Waals surface area (Å²) in [5.41, 5.74) is 0. The van der Waals surface area contributed by atoms with Crippen molar-refractivity contribution in [2.24, 2.45) is 0 Å². The maximum atomic E-state index is 9.65. The van der Waals surface area contributed by atoms with E-state index in [-0.39, 0.29) is 12.9 Å². The minimum Gasteiger partial charge on any atom is -0.483 e. The number of carboxylic acid groups (broad SMARTS) is 2. The number of aliphatic carboxylic acids is 1. The number of carboxylic acids is 1. The topological polar surface area (TPSA) is 94.8 Å². The SMILES string of the molecule is CC(O)CC(=O)O.O=CO. The lowest BCUT2D eigenvalue weighted by atomic mass is 10.3. The van der Waals surface area contributed by atoms with E-state index >= 15 is 0 Å². The fourth-order valence-corrected chi connectivity index (χ4v) is 0.253. The zero-order valence-electron chi connectivity index (χ0n) is 5.52. The van der Waals surface area contributed by atoms with Crippen molar-refractivity contribution in [2.45, 2.75) is 19.4 Å². The minimum absolute atomic E-state index is 0.167. The molecule has 3 N–H and O–H groups in total. The highest BCUT2D eigenvalue weighted by Gasteiger charge is 2.00. The lowest BCUT2D eigenvalue weighted by Gasteiger charge is -1.94. The van der Waals surface area contributed by atoms with Crippen LogP contribution in [-0.4, -0.2) is 33.9 Å². The molecule has 0 aromatic heterocycles. The normalized spacial score (nSPS) is 10.6. The van der Waals surface area contributed by atoms with Crippen molar-refractivity contribution in [3.05, 3.63) is 0 Å². The van der Waals surface area contributed by atoms with E-state index in [0.29, 0.717) is 0 Å². The Bertz CT molecular complexity index is 98.2. The molecule has 10 heavy (non-hydrogen) atoms. The quantitative estimate of drug-likeness (QED) is 0.463. The number of aliphatic hydroxyl groups is 1. The van der Waals surface area contributed by atoms with Gasteiger partial charge in [-0.25, -0.2) is 0 Å². The third-order valence-electron chi connectivity index (χ3n) is 0.470. The van der Waals surface area contributed by atoms with E-state index in [2.05, 4.69) is 0 Å². The Morgan fingerprint density at radius 1 is 1.70 bits per heavy atom. The molecule has 0 rings (SSSR count). The van der Waals surface area contributed by atoms with Crippen LogP contribution in [0.15, 0.2) is 0 Å². The Balaban J connectivity index is 0. The molecule has 5 heteroatoms. The molecule has 1 atom stereocenters. The van der Waals surface area contributed by atoms with Crippen LogP contribution in [0.2, 0.25) is 0 Å². The molecule has 5 nitrogen and oxygen atoms in total. The summed E-state index contributed by atoms with van der Waals surface area (Å²) < 4.78 is 0. The summed E-state index contributed by atoms with van der Waals surface area (Å²) in [6.45, 7) is 1.19. The summed E-state index contributed by atoms with van der Waals surface area (Å²) in [7, 11) is 0. The third kappa shape index (κ3) is 28.6. The predicted octanol–water partition coefficient (Wildman–Crippen LogP) is -0.457. The van der Waals surface area contributed by atoms with E-state index in [1.165, 1.54) is 6.92 Å². The van der Waals surface area contributed by atoms with Crippen molar-refractivity contribution in [3.8, 4) is 0 Å². The summed E-state index contributed by atoms with van der Waals surface area (Å²) >= 11 is 0. The largest absolute Gasteiger partial charge is 0.483 e. The molecule has 0 spiro atoms. The van der Waals surface area contributed by atoms with Gasteiger partial charge >= 0.3 is 5.97 Å². The molecule has 0 aliphatic rings. The summed E-state index contributed by atoms with van der Waals surface area (Å²) in [6, 6.07) is 0. The van der Waals surface area contributed by atoms with E-state index in [1.54, 1.807) is 0 Å². The molecule has 0 bridgehead atoms. The highest BCUT2D eigenvalue weighted by Crippen LogP contribution is 1.85. The Morgan fingerprint density at radius 2 is 2.00 bits per heavy atom. The first-order valence-electron chi connectivity index (χ1n) is 2.52. The van der Waals surface area contributed by atoms with Gasteiger partial charge in [-0.2, -0.15) is 0 Å². The van der Waals surface area contributed by atoms with Gasteiger partial charge in [-0.3, -0.25) is 9.59 Å². The zero-order valence-corrected chi connectivity index (χ0v) is 5.52. The maximum absolute atomic E-state index is 9.65. The van der Waals surface area contributed by atoms with Crippen LogP contribution < -0.4 is 0 Å². The zero-order chi connectivity index (χ0) is 8.57. The highest BCUT2D eigenvalue weighted by molar-refractivity contribution is 5.67. The minimum atomic E-state index is -0.963. The summed E-state index contributed by atoms with van der Waals surface area (Å²) in [6.07, 6.45) is -0.891. The van der Waals surface area contributed by atoms with Gasteiger partial charge in [0, 0.05) is 0 Å². The molecule has 0 fully saturated rings. The van der Waals surface area contributed by atoms with Crippen molar-refractivity contribution in [1.82, 2.24) is 0 Å². The van der Waals surface area contributed by atoms with Crippen LogP contribution in [-0.2, 0) is 9.59 Å². The summed E-state index contributed by atoms with van der Waals surface area (Å²) in [4.78, 5) is 18.0. The third-order valence-corrected chi connectivity index (χ3v) is 0.470. The standard InChI is InChI=1S/C4H8O3.CH2O2/c1-3(5)2-4(6)7;2-1-3/h3,5H,2H2,1H3,(H,6,7);1H,(H,2,3). The molecule has 60 valence electrons. The Kier molecular flexibility index (Phi) is 9.22. The lowest BCUT2D eigenvalue weighted by molar-refractivity contribution is -0.138. The molecule has 0 aliphatic carbocycles. The molecule has 1 unspecified atom stereocenters. The molecular weight excluding hydrogens is 140 g/mol. The molecular formula is C5H10O5. The summed E-state index contributed by atoms with van der Waals surface area (Å²) in [5.74, 6) is -0.963. The van der Waals surface area contributed by atoms with Crippen molar-refractivity contribution < 1.29 is 24.9 Å². The molecule has 0 amide bonds. The smallest absolute Gasteiger partial charge is 0.305 e. The first kappa shape index (κ1) is 11.7. The van der Waals surface area contributed by atoms with E-state index in [0.717, 1.165) is 0 Å². The van der Waals surface area contributed by atoms with Gasteiger partial charge in [0.1, 0.15) is 0 Å². The average Bonchev–Trinajstić information content (AvgIpc) is 1.62. The van der Waals surface area contributed by atoms with Gasteiger partial charge in [0.2, 0.25) is 0 Å². The number of hydrogen-bond donors (Lipinski definition) is 3. The van der Waals surface area contributed by atoms with Crippen LogP contribution in [0.4, 0.5) is 0 Å². The van der Waals surface area contributed by atoms with Gasteiger partial charge in [-0.05, 0) is 6.92 Å². The second-order valence-electron chi connectivity index (χ2n) is 1.55. The molecule has 0 saturated heterocycles. The fourth-order valence-electron chi connectivity index (χ4n) is 0.253. The van der Waals surface area contributed by atoms with Gasteiger partial charge in [0.15, 0.2) is 0 Å². The predicted molar refractivity (Wildman–Crippen MR) is 32.6 cm³/mol. The lowest BCUT2D eigenvalue weighted by Crippen LogP contribution is -2.07. The van der Waals surface area contributed by atoms with Crippen LogP contribution in [0, 0.1) is 0 Å². The van der Waals surface area contributed by atoms with Gasteiger partial charge < -0.3 is 15.3 Å². The van der Waals surface area contributed by atoms with E-state index in [4.69, 9.17) is 20.1 Å². The number of rotatable bonds is 2. The van der Waals surface area contributed by atoms with Crippen LogP contribution >= 0.6 is 0 Å². The Labute approximate surface area is 57.9 Å². The van der Waals surface area contributed by atoms with Gasteiger partial charge in [-0.1, -0.05) is 0 Å². The number of carbonyl (C=O) groups is 2. The van der Waals surface area contributed by atoms with Crippen molar-refractivity contribution in [3.63, 3.8) is 0 Å². The van der Waals surface area contributed by atoms with E-state index in [1.807, 2.05) is 0 Å². The second-order valence-corrected chi connectivity index (χ2v) is 1.55. The second kappa shape index (κ2) is 7.90. The van der Waals surface area contributed by atoms with Crippen LogP contribution in [0.25, 0.3) is 0 Å². The average molecular weight is 150 g/mol. The summed E-state index contributed by atoms with van der Waals surface area (Å²) in [5, 5.41) is 23.2. The monoisotopic (exact) mass is 150 g/mol. The molecule has 0 aliphatic heterocycles. The van der Waals surface area contributed by atoms with Gasteiger partial charge in [0.25, 0.3) is 6.47 Å². The Hall–Kier alpha value is -1.10. The molecule has 0 aromatic carbocycles. The van der Waals surface area contributed by atoms with Crippen molar-refractivity contribution >= 4 is 12.4 Å². The highest BCUT2D eigenvalue weighted by atomic mass is 16.4. The molecule has 0 heterocycles. The van der Waals surface area contributed by atoms with Crippen molar-refractivity contribution in [2.75, 3.05) is 0 Å². The van der Waals surface area contributed by atoms with E-state index < -0.39 is 12.1 Å². The molecule has 0 aromatic rings. The van der Waals surface area contributed by atoms with Crippen LogP contribution in [0.3, 0.4) is 0 Å². The first-order chi connectivity index (χ1) is 4.54. The number of hydrogen-bond acceptors (Lipinski definition) is 3. The van der Waals surface area contributed by atoms with Crippen LogP contribution in [0.1, 0.15) is 13.3 Å². The van der Waals surface area contributed by atoms with Gasteiger partial charge in [0.05, 0.1) is 12.5 Å².